The molecule has 1 aromatic heterocycles. The maximum Gasteiger partial charge on any atom is 0.143 e. The Morgan fingerprint density at radius 2 is 1.89 bits per heavy atom. The molecule has 1 aliphatic rings. The first kappa shape index (κ1) is 18.6. The molecule has 2 aromatic carbocycles. The largest absolute Gasteiger partial charge is 0.497 e. The van der Waals surface area contributed by atoms with Crippen LogP contribution in [0.15, 0.2) is 67.0 Å². The second-order valence-electron chi connectivity index (χ2n) is 6.79. The van der Waals surface area contributed by atoms with Crippen molar-refractivity contribution in [3.63, 3.8) is 0 Å². The molecule has 0 amide bonds. The van der Waals surface area contributed by atoms with Gasteiger partial charge < -0.3 is 18.8 Å². The fourth-order valence-electron chi connectivity index (χ4n) is 3.60. The van der Waals surface area contributed by atoms with Gasteiger partial charge in [0.25, 0.3) is 0 Å². The highest BCUT2D eigenvalue weighted by molar-refractivity contribution is 5.47. The average Bonchev–Trinajstić information content (AvgIpc) is 3.39. The van der Waals surface area contributed by atoms with Crippen LogP contribution in [0.3, 0.4) is 0 Å². The van der Waals surface area contributed by atoms with Gasteiger partial charge in [0.1, 0.15) is 17.7 Å². The molecule has 0 spiro atoms. The Kier molecular flexibility index (Phi) is 5.65. The summed E-state index contributed by atoms with van der Waals surface area (Å²) in [5.41, 5.74) is 3.44. The summed E-state index contributed by atoms with van der Waals surface area (Å²) in [6, 6.07) is 18.4. The van der Waals surface area contributed by atoms with Crippen LogP contribution in [0.5, 0.6) is 11.5 Å². The van der Waals surface area contributed by atoms with Crippen LogP contribution >= 0.6 is 0 Å². The van der Waals surface area contributed by atoms with Crippen molar-refractivity contribution in [2.24, 2.45) is 0 Å². The Labute approximate surface area is 166 Å². The minimum absolute atomic E-state index is 0.0393. The van der Waals surface area contributed by atoms with E-state index >= 15 is 0 Å². The number of ether oxygens (including phenoxy) is 3. The molecular weight excluding hydrogens is 352 g/mol. The number of hydrogen-bond acceptors (Lipinski definition) is 4. The lowest BCUT2D eigenvalue weighted by Gasteiger charge is -2.22. The second kappa shape index (κ2) is 8.50. The van der Waals surface area contributed by atoms with Crippen LogP contribution in [-0.2, 0) is 11.3 Å². The molecular formula is C23H26N2O3. The van der Waals surface area contributed by atoms with E-state index in [-0.39, 0.29) is 6.23 Å². The molecule has 1 aliphatic heterocycles. The normalized spacial score (nSPS) is 17.0. The van der Waals surface area contributed by atoms with E-state index < -0.39 is 0 Å². The molecule has 0 saturated carbocycles. The van der Waals surface area contributed by atoms with Gasteiger partial charge in [0.2, 0.25) is 0 Å². The first-order chi connectivity index (χ1) is 13.8. The van der Waals surface area contributed by atoms with Gasteiger partial charge in [-0.1, -0.05) is 24.3 Å². The molecule has 3 aromatic rings. The van der Waals surface area contributed by atoms with Crippen LogP contribution in [-0.4, -0.2) is 36.3 Å². The SMILES string of the molecule is CCOc1ccccc1-n1ccc([C@H]2OCCN2Cc2ccc(OC)cc2)c1. The van der Waals surface area contributed by atoms with Crippen LogP contribution in [0.1, 0.15) is 24.3 Å². The Balaban J connectivity index is 1.52. The van der Waals surface area contributed by atoms with Crippen molar-refractivity contribution in [2.45, 2.75) is 19.7 Å². The van der Waals surface area contributed by atoms with E-state index in [0.717, 1.165) is 42.4 Å². The third kappa shape index (κ3) is 3.91. The molecule has 0 N–H and O–H groups in total. The first-order valence-corrected chi connectivity index (χ1v) is 9.67. The van der Waals surface area contributed by atoms with E-state index in [0.29, 0.717) is 6.61 Å². The number of para-hydroxylation sites is 2. The number of benzene rings is 2. The predicted octanol–water partition coefficient (Wildman–Crippen LogP) is 4.42. The minimum atomic E-state index is -0.0393. The summed E-state index contributed by atoms with van der Waals surface area (Å²) in [6.45, 7) is 5.14. The van der Waals surface area contributed by atoms with Crippen LogP contribution in [0, 0.1) is 0 Å². The Bertz CT molecular complexity index is 904. The maximum absolute atomic E-state index is 6.05. The van der Waals surface area contributed by atoms with Gasteiger partial charge in [0, 0.05) is 31.0 Å². The quantitative estimate of drug-likeness (QED) is 0.610. The van der Waals surface area contributed by atoms with Crippen molar-refractivity contribution in [1.82, 2.24) is 9.47 Å². The molecule has 0 unspecified atom stereocenters. The summed E-state index contributed by atoms with van der Waals surface area (Å²) in [5, 5.41) is 0. The maximum atomic E-state index is 6.05. The summed E-state index contributed by atoms with van der Waals surface area (Å²) in [6.07, 6.45) is 4.16. The monoisotopic (exact) mass is 378 g/mol. The van der Waals surface area contributed by atoms with Crippen LogP contribution < -0.4 is 9.47 Å². The smallest absolute Gasteiger partial charge is 0.143 e. The summed E-state index contributed by atoms with van der Waals surface area (Å²) in [5.74, 6) is 1.76. The highest BCUT2D eigenvalue weighted by Gasteiger charge is 2.27. The fraction of sp³-hybridized carbons (Fsp3) is 0.304. The van der Waals surface area contributed by atoms with Gasteiger partial charge in [-0.3, -0.25) is 4.90 Å². The van der Waals surface area contributed by atoms with E-state index in [1.165, 1.54) is 5.56 Å². The number of rotatable bonds is 7. The van der Waals surface area contributed by atoms with Crippen molar-refractivity contribution >= 4 is 0 Å². The van der Waals surface area contributed by atoms with Crippen molar-refractivity contribution < 1.29 is 14.2 Å². The van der Waals surface area contributed by atoms with Crippen molar-refractivity contribution in [3.05, 3.63) is 78.1 Å². The van der Waals surface area contributed by atoms with Gasteiger partial charge >= 0.3 is 0 Å². The lowest BCUT2D eigenvalue weighted by Crippen LogP contribution is -2.23. The molecule has 2 heterocycles. The highest BCUT2D eigenvalue weighted by Crippen LogP contribution is 2.31. The molecule has 0 aliphatic carbocycles. The molecule has 4 rings (SSSR count). The third-order valence-electron chi connectivity index (χ3n) is 4.97. The molecule has 146 valence electrons. The number of nitrogens with zero attached hydrogens (tertiary/aromatic N) is 2. The number of aromatic nitrogens is 1. The first-order valence-electron chi connectivity index (χ1n) is 9.67. The van der Waals surface area contributed by atoms with E-state index in [9.17, 15) is 0 Å². The van der Waals surface area contributed by atoms with Gasteiger partial charge in [-0.2, -0.15) is 0 Å². The van der Waals surface area contributed by atoms with Crippen molar-refractivity contribution in [1.29, 1.82) is 0 Å². The van der Waals surface area contributed by atoms with Crippen LogP contribution in [0.4, 0.5) is 0 Å². The zero-order valence-electron chi connectivity index (χ0n) is 16.4. The molecule has 0 bridgehead atoms. The molecule has 0 radical (unpaired) electrons. The standard InChI is InChI=1S/C23H26N2O3/c1-3-27-22-7-5-4-6-21(22)24-13-12-19(17-24)23-25(14-15-28-23)16-18-8-10-20(26-2)11-9-18/h4-13,17,23H,3,14-16H2,1-2H3/t23-/m1/s1. The summed E-state index contributed by atoms with van der Waals surface area (Å²) < 4.78 is 19.2. The van der Waals surface area contributed by atoms with Gasteiger partial charge in [0.05, 0.1) is 26.0 Å². The fourth-order valence-corrected chi connectivity index (χ4v) is 3.60. The summed E-state index contributed by atoms with van der Waals surface area (Å²) >= 11 is 0. The second-order valence-corrected chi connectivity index (χ2v) is 6.79. The van der Waals surface area contributed by atoms with Crippen molar-refractivity contribution in [3.8, 4) is 17.2 Å². The van der Waals surface area contributed by atoms with Gasteiger partial charge in [-0.05, 0) is 42.8 Å². The predicted molar refractivity (Wildman–Crippen MR) is 109 cm³/mol. The van der Waals surface area contributed by atoms with Crippen LogP contribution in [0.25, 0.3) is 5.69 Å². The molecule has 1 fully saturated rings. The average molecular weight is 378 g/mol. The molecule has 28 heavy (non-hydrogen) atoms. The minimum Gasteiger partial charge on any atom is -0.497 e. The van der Waals surface area contributed by atoms with Gasteiger partial charge in [-0.15, -0.1) is 0 Å². The Morgan fingerprint density at radius 3 is 2.68 bits per heavy atom. The zero-order valence-corrected chi connectivity index (χ0v) is 16.4. The molecule has 1 atom stereocenters. The Morgan fingerprint density at radius 1 is 1.07 bits per heavy atom. The lowest BCUT2D eigenvalue weighted by molar-refractivity contribution is 0.0288. The van der Waals surface area contributed by atoms with E-state index in [2.05, 4.69) is 46.1 Å². The summed E-state index contributed by atoms with van der Waals surface area (Å²) in [4.78, 5) is 2.36. The lowest BCUT2D eigenvalue weighted by atomic mass is 10.2. The molecule has 1 saturated heterocycles. The van der Waals surface area contributed by atoms with Crippen LogP contribution in [0.2, 0.25) is 0 Å². The number of hydrogen-bond donors (Lipinski definition) is 0. The zero-order chi connectivity index (χ0) is 19.3. The van der Waals surface area contributed by atoms with E-state index in [1.54, 1.807) is 7.11 Å². The summed E-state index contributed by atoms with van der Waals surface area (Å²) in [7, 11) is 1.69. The number of methoxy groups -OCH3 is 1. The molecule has 5 nitrogen and oxygen atoms in total. The van der Waals surface area contributed by atoms with E-state index in [1.807, 2.05) is 37.3 Å². The van der Waals surface area contributed by atoms with Gasteiger partial charge in [0.15, 0.2) is 0 Å². The van der Waals surface area contributed by atoms with Gasteiger partial charge in [-0.25, -0.2) is 0 Å². The topological polar surface area (TPSA) is 35.9 Å². The Hall–Kier alpha value is -2.76. The molecule has 5 heteroatoms. The third-order valence-corrected chi connectivity index (χ3v) is 4.97. The van der Waals surface area contributed by atoms with Crippen molar-refractivity contribution in [2.75, 3.05) is 26.9 Å². The highest BCUT2D eigenvalue weighted by atomic mass is 16.5. The van der Waals surface area contributed by atoms with E-state index in [4.69, 9.17) is 14.2 Å².